The van der Waals surface area contributed by atoms with Crippen molar-refractivity contribution in [1.82, 2.24) is 15.5 Å². The van der Waals surface area contributed by atoms with Crippen molar-refractivity contribution >= 4 is 5.96 Å². The quantitative estimate of drug-likeness (QED) is 0.595. The van der Waals surface area contributed by atoms with Gasteiger partial charge < -0.3 is 20.3 Å². The second-order valence-corrected chi connectivity index (χ2v) is 5.98. The van der Waals surface area contributed by atoms with Crippen molar-refractivity contribution in [3.05, 3.63) is 29.8 Å². The van der Waals surface area contributed by atoms with Crippen LogP contribution in [0.2, 0.25) is 0 Å². The monoisotopic (exact) mass is 318 g/mol. The zero-order valence-electron chi connectivity index (χ0n) is 14.6. The van der Waals surface area contributed by atoms with E-state index in [-0.39, 0.29) is 0 Å². The lowest BCUT2D eigenvalue weighted by atomic mass is 10.1. The predicted octanol–water partition coefficient (Wildman–Crippen LogP) is 1.89. The van der Waals surface area contributed by atoms with Gasteiger partial charge in [-0.3, -0.25) is 4.99 Å². The molecule has 0 radical (unpaired) electrons. The summed E-state index contributed by atoms with van der Waals surface area (Å²) >= 11 is 0. The van der Waals surface area contributed by atoms with Crippen molar-refractivity contribution < 1.29 is 4.74 Å². The highest BCUT2D eigenvalue weighted by Gasteiger charge is 2.20. The molecule has 5 nitrogen and oxygen atoms in total. The largest absolute Gasteiger partial charge is 0.496 e. The summed E-state index contributed by atoms with van der Waals surface area (Å²) in [5, 5.41) is 6.75. The number of likely N-dealkylation sites (tertiary alicyclic amines) is 1. The average molecular weight is 318 g/mol. The number of ether oxygens (including phenoxy) is 1. The molecule has 0 bridgehead atoms. The van der Waals surface area contributed by atoms with Gasteiger partial charge in [-0.1, -0.05) is 18.2 Å². The maximum absolute atomic E-state index is 5.40. The van der Waals surface area contributed by atoms with Gasteiger partial charge in [-0.05, 0) is 51.4 Å². The van der Waals surface area contributed by atoms with Crippen LogP contribution in [0.15, 0.2) is 29.3 Å². The lowest BCUT2D eigenvalue weighted by molar-refractivity contribution is 0.317. The molecule has 1 saturated heterocycles. The molecule has 0 aromatic heterocycles. The first-order chi connectivity index (χ1) is 11.2. The third-order valence-electron chi connectivity index (χ3n) is 4.36. The molecule has 1 unspecified atom stereocenters. The van der Waals surface area contributed by atoms with Crippen molar-refractivity contribution in [3.8, 4) is 5.75 Å². The number of hydrogen-bond acceptors (Lipinski definition) is 3. The molecule has 1 atom stereocenters. The molecule has 1 aromatic rings. The summed E-state index contributed by atoms with van der Waals surface area (Å²) in [4.78, 5) is 7.15. The van der Waals surface area contributed by atoms with E-state index in [0.29, 0.717) is 6.04 Å². The fraction of sp³-hybridized carbons (Fsp3) is 0.611. The average Bonchev–Trinajstić information content (AvgIpc) is 2.98. The van der Waals surface area contributed by atoms with Crippen molar-refractivity contribution in [2.75, 3.05) is 40.3 Å². The molecule has 2 N–H and O–H groups in total. The van der Waals surface area contributed by atoms with E-state index in [1.54, 1.807) is 7.11 Å². The van der Waals surface area contributed by atoms with Gasteiger partial charge in [0.2, 0.25) is 0 Å². The highest BCUT2D eigenvalue weighted by Crippen LogP contribution is 2.17. The van der Waals surface area contributed by atoms with E-state index in [9.17, 15) is 0 Å². The Bertz CT molecular complexity index is 504. The molecular formula is C18H30N4O. The minimum Gasteiger partial charge on any atom is -0.496 e. The summed E-state index contributed by atoms with van der Waals surface area (Å²) in [5.41, 5.74) is 1.22. The van der Waals surface area contributed by atoms with E-state index in [0.717, 1.165) is 37.8 Å². The van der Waals surface area contributed by atoms with Gasteiger partial charge in [-0.25, -0.2) is 0 Å². The standard InChI is InChI=1S/C18H30N4O/c1-4-19-18(21-14-16-9-7-13-22(16)2)20-12-11-15-8-5-6-10-17(15)23-3/h5-6,8,10,16H,4,7,9,11-14H2,1-3H3,(H2,19,20,21). The summed E-state index contributed by atoms with van der Waals surface area (Å²) in [6.45, 7) is 5.87. The number of rotatable bonds is 7. The minimum atomic E-state index is 0.583. The number of hydrogen-bond donors (Lipinski definition) is 2. The topological polar surface area (TPSA) is 48.9 Å². The Balaban J connectivity index is 1.84. The van der Waals surface area contributed by atoms with E-state index in [1.807, 2.05) is 18.2 Å². The van der Waals surface area contributed by atoms with E-state index >= 15 is 0 Å². The van der Waals surface area contributed by atoms with E-state index in [2.05, 4.69) is 35.6 Å². The zero-order valence-corrected chi connectivity index (χ0v) is 14.6. The Morgan fingerprint density at radius 2 is 2.17 bits per heavy atom. The molecule has 1 fully saturated rings. The molecule has 23 heavy (non-hydrogen) atoms. The van der Waals surface area contributed by atoms with Gasteiger partial charge in [-0.2, -0.15) is 0 Å². The molecule has 1 heterocycles. The first kappa shape index (κ1) is 17.6. The van der Waals surface area contributed by atoms with Crippen LogP contribution in [-0.2, 0) is 6.42 Å². The van der Waals surface area contributed by atoms with Gasteiger partial charge in [-0.15, -0.1) is 0 Å². The molecule has 1 aliphatic rings. The normalized spacial score (nSPS) is 18.9. The number of likely N-dealkylation sites (N-methyl/N-ethyl adjacent to an activating group) is 1. The van der Waals surface area contributed by atoms with Crippen LogP contribution in [-0.4, -0.2) is 57.2 Å². The Hall–Kier alpha value is -1.75. The number of guanidine groups is 1. The maximum atomic E-state index is 5.40. The van der Waals surface area contributed by atoms with Crippen LogP contribution in [0, 0.1) is 0 Å². The third-order valence-corrected chi connectivity index (χ3v) is 4.36. The van der Waals surface area contributed by atoms with E-state index in [4.69, 9.17) is 9.73 Å². The van der Waals surface area contributed by atoms with Gasteiger partial charge in [0, 0.05) is 19.1 Å². The van der Waals surface area contributed by atoms with Crippen LogP contribution in [0.5, 0.6) is 5.75 Å². The fourth-order valence-corrected chi connectivity index (χ4v) is 2.97. The second kappa shape index (κ2) is 9.40. The molecule has 0 amide bonds. The van der Waals surface area contributed by atoms with Gasteiger partial charge in [0.15, 0.2) is 5.96 Å². The number of nitrogens with one attached hydrogen (secondary N) is 2. The maximum Gasteiger partial charge on any atom is 0.191 e. The summed E-state index contributed by atoms with van der Waals surface area (Å²) in [7, 11) is 3.91. The molecule has 0 saturated carbocycles. The summed E-state index contributed by atoms with van der Waals surface area (Å²) < 4.78 is 5.40. The number of benzene rings is 1. The van der Waals surface area contributed by atoms with Crippen LogP contribution in [0.3, 0.4) is 0 Å². The molecule has 2 rings (SSSR count). The number of aliphatic imine (C=N–C) groups is 1. The SMILES string of the molecule is CCNC(=NCC1CCCN1C)NCCc1ccccc1OC. The van der Waals surface area contributed by atoms with E-state index < -0.39 is 0 Å². The molecule has 0 aliphatic carbocycles. The highest BCUT2D eigenvalue weighted by atomic mass is 16.5. The summed E-state index contributed by atoms with van der Waals surface area (Å²) in [6, 6.07) is 8.74. The predicted molar refractivity (Wildman–Crippen MR) is 96.3 cm³/mol. The molecule has 1 aliphatic heterocycles. The van der Waals surface area contributed by atoms with Crippen LogP contribution in [0.4, 0.5) is 0 Å². The highest BCUT2D eigenvalue weighted by molar-refractivity contribution is 5.79. The Morgan fingerprint density at radius 3 is 2.87 bits per heavy atom. The molecule has 0 spiro atoms. The smallest absolute Gasteiger partial charge is 0.191 e. The zero-order chi connectivity index (χ0) is 16.5. The van der Waals surface area contributed by atoms with Crippen molar-refractivity contribution in [2.45, 2.75) is 32.2 Å². The van der Waals surface area contributed by atoms with Crippen molar-refractivity contribution in [2.24, 2.45) is 4.99 Å². The Kier molecular flexibility index (Phi) is 7.20. The molecule has 128 valence electrons. The lowest BCUT2D eigenvalue weighted by Crippen LogP contribution is -2.39. The van der Waals surface area contributed by atoms with Gasteiger partial charge >= 0.3 is 0 Å². The van der Waals surface area contributed by atoms with Crippen LogP contribution in [0.25, 0.3) is 0 Å². The Labute approximate surface area is 140 Å². The van der Waals surface area contributed by atoms with Gasteiger partial charge in [0.05, 0.1) is 13.7 Å². The van der Waals surface area contributed by atoms with Crippen LogP contribution < -0.4 is 15.4 Å². The summed E-state index contributed by atoms with van der Waals surface area (Å²) in [6.07, 6.45) is 3.45. The van der Waals surface area contributed by atoms with Crippen LogP contribution in [0.1, 0.15) is 25.3 Å². The number of nitrogens with zero attached hydrogens (tertiary/aromatic N) is 2. The number of methoxy groups -OCH3 is 1. The third kappa shape index (κ3) is 5.43. The molecular weight excluding hydrogens is 288 g/mol. The van der Waals surface area contributed by atoms with E-state index in [1.165, 1.54) is 24.9 Å². The van der Waals surface area contributed by atoms with Gasteiger partial charge in [0.1, 0.15) is 5.75 Å². The molecule has 1 aromatic carbocycles. The molecule has 5 heteroatoms. The second-order valence-electron chi connectivity index (χ2n) is 5.98. The van der Waals surface area contributed by atoms with Crippen LogP contribution >= 0.6 is 0 Å². The van der Waals surface area contributed by atoms with Crippen molar-refractivity contribution in [3.63, 3.8) is 0 Å². The fourth-order valence-electron chi connectivity index (χ4n) is 2.97. The van der Waals surface area contributed by atoms with Crippen molar-refractivity contribution in [1.29, 1.82) is 0 Å². The van der Waals surface area contributed by atoms with Gasteiger partial charge in [0.25, 0.3) is 0 Å². The first-order valence-electron chi connectivity index (χ1n) is 8.59. The minimum absolute atomic E-state index is 0.583. The summed E-state index contributed by atoms with van der Waals surface area (Å²) in [5.74, 6) is 1.85. The number of para-hydroxylation sites is 1. The Morgan fingerprint density at radius 1 is 1.35 bits per heavy atom. The lowest BCUT2D eigenvalue weighted by Gasteiger charge is -2.18. The first-order valence-corrected chi connectivity index (χ1v) is 8.59.